The Morgan fingerprint density at radius 1 is 1.29 bits per heavy atom. The molecule has 2 heterocycles. The van der Waals surface area contributed by atoms with Crippen molar-refractivity contribution in [2.45, 2.75) is 0 Å². The van der Waals surface area contributed by atoms with Crippen LogP contribution in [0.4, 0.5) is 11.8 Å². The third kappa shape index (κ3) is 3.62. The highest BCUT2D eigenvalue weighted by atomic mass is 16.6. The molecule has 0 fully saturated rings. The smallest absolute Gasteiger partial charge is 0.433 e. The molecule has 0 aliphatic carbocycles. The van der Waals surface area contributed by atoms with Crippen molar-refractivity contribution in [3.63, 3.8) is 0 Å². The van der Waals surface area contributed by atoms with Gasteiger partial charge in [0.1, 0.15) is 4.92 Å². The highest BCUT2D eigenvalue weighted by molar-refractivity contribution is 5.76. The number of nitrogens with one attached hydrogen (secondary N) is 1. The van der Waals surface area contributed by atoms with E-state index in [1.54, 1.807) is 0 Å². The molecule has 2 aromatic rings. The standard InChI is InChI=1S/C10H10N6O5/c1-19-9-12-8(13-10(14-9)20-2)15-11-5-6-3-4-7(21-6)16(17)18/h3-5H,1-2H3,(H,12,13,14,15)/b11-5+. The van der Waals surface area contributed by atoms with Crippen LogP contribution in [0.5, 0.6) is 12.0 Å². The van der Waals surface area contributed by atoms with Crippen molar-refractivity contribution in [1.29, 1.82) is 0 Å². The van der Waals surface area contributed by atoms with E-state index in [0.717, 1.165) is 0 Å². The summed E-state index contributed by atoms with van der Waals surface area (Å²) < 4.78 is 14.6. The topological polar surface area (TPSA) is 138 Å². The number of hydrogen-bond acceptors (Lipinski definition) is 10. The molecule has 0 atom stereocenters. The van der Waals surface area contributed by atoms with E-state index in [-0.39, 0.29) is 29.6 Å². The lowest BCUT2D eigenvalue weighted by Gasteiger charge is -2.03. The van der Waals surface area contributed by atoms with Gasteiger partial charge in [-0.05, 0) is 6.07 Å². The minimum absolute atomic E-state index is 0.0492. The first kappa shape index (κ1) is 14.2. The van der Waals surface area contributed by atoms with Crippen LogP contribution in [0.3, 0.4) is 0 Å². The van der Waals surface area contributed by atoms with Crippen LogP contribution in [0.15, 0.2) is 21.7 Å². The highest BCUT2D eigenvalue weighted by Crippen LogP contribution is 2.14. The van der Waals surface area contributed by atoms with E-state index >= 15 is 0 Å². The second-order valence-corrected chi connectivity index (χ2v) is 3.44. The SMILES string of the molecule is COc1nc(N/N=C/c2ccc([N+](=O)[O-])o2)nc(OC)n1. The summed E-state index contributed by atoms with van der Waals surface area (Å²) in [6, 6.07) is 2.72. The molecule has 11 heteroatoms. The summed E-state index contributed by atoms with van der Waals surface area (Å²) in [5.74, 6) is -0.0989. The molecule has 21 heavy (non-hydrogen) atoms. The van der Waals surface area contributed by atoms with Crippen LogP contribution < -0.4 is 14.9 Å². The number of furan rings is 1. The van der Waals surface area contributed by atoms with Gasteiger partial charge in [-0.3, -0.25) is 10.1 Å². The second-order valence-electron chi connectivity index (χ2n) is 3.44. The summed E-state index contributed by atoms with van der Waals surface area (Å²) in [6.07, 6.45) is 1.23. The molecule has 2 aromatic heterocycles. The van der Waals surface area contributed by atoms with Crippen molar-refractivity contribution >= 4 is 18.0 Å². The van der Waals surface area contributed by atoms with Gasteiger partial charge in [-0.1, -0.05) is 0 Å². The lowest BCUT2D eigenvalue weighted by Crippen LogP contribution is -2.03. The van der Waals surface area contributed by atoms with Gasteiger partial charge >= 0.3 is 17.9 Å². The van der Waals surface area contributed by atoms with E-state index in [4.69, 9.17) is 13.9 Å². The van der Waals surface area contributed by atoms with Crippen LogP contribution in [0.25, 0.3) is 0 Å². The number of nitrogens with zero attached hydrogens (tertiary/aromatic N) is 5. The van der Waals surface area contributed by atoms with Gasteiger partial charge in [-0.2, -0.15) is 15.1 Å². The van der Waals surface area contributed by atoms with Gasteiger partial charge in [-0.15, -0.1) is 4.98 Å². The van der Waals surface area contributed by atoms with Gasteiger partial charge in [0.2, 0.25) is 0 Å². The van der Waals surface area contributed by atoms with Gasteiger partial charge in [-0.25, -0.2) is 5.43 Å². The predicted molar refractivity (Wildman–Crippen MR) is 69.5 cm³/mol. The van der Waals surface area contributed by atoms with Crippen LogP contribution in [-0.4, -0.2) is 40.3 Å². The molecule has 0 spiro atoms. The summed E-state index contributed by atoms with van der Waals surface area (Å²) >= 11 is 0. The fourth-order valence-corrected chi connectivity index (χ4v) is 1.23. The fourth-order valence-electron chi connectivity index (χ4n) is 1.23. The van der Waals surface area contributed by atoms with Crippen molar-refractivity contribution < 1.29 is 18.8 Å². The Bertz CT molecular complexity index is 647. The van der Waals surface area contributed by atoms with Crippen molar-refractivity contribution in [3.05, 3.63) is 28.0 Å². The van der Waals surface area contributed by atoms with Gasteiger partial charge in [0.25, 0.3) is 5.95 Å². The zero-order chi connectivity index (χ0) is 15.2. The summed E-state index contributed by atoms with van der Waals surface area (Å²) in [5, 5.41) is 14.2. The monoisotopic (exact) mass is 294 g/mol. The lowest BCUT2D eigenvalue weighted by molar-refractivity contribution is -0.402. The lowest BCUT2D eigenvalue weighted by atomic mass is 10.5. The molecule has 11 nitrogen and oxygen atoms in total. The summed E-state index contributed by atoms with van der Waals surface area (Å²) in [7, 11) is 2.79. The molecule has 0 amide bonds. The molecule has 1 N–H and O–H groups in total. The number of methoxy groups -OCH3 is 2. The Labute approximate surface area is 117 Å². The minimum Gasteiger partial charge on any atom is -0.467 e. The average molecular weight is 294 g/mol. The van der Waals surface area contributed by atoms with Crippen molar-refractivity contribution in [1.82, 2.24) is 15.0 Å². The third-order valence-electron chi connectivity index (χ3n) is 2.11. The van der Waals surface area contributed by atoms with Gasteiger partial charge in [0, 0.05) is 0 Å². The molecule has 0 bridgehead atoms. The molecule has 0 aromatic carbocycles. The highest BCUT2D eigenvalue weighted by Gasteiger charge is 2.10. The summed E-state index contributed by atoms with van der Waals surface area (Å²) in [4.78, 5) is 21.4. The number of rotatable bonds is 6. The van der Waals surface area contributed by atoms with Crippen molar-refractivity contribution in [2.75, 3.05) is 19.6 Å². The Balaban J connectivity index is 2.07. The Hall–Kier alpha value is -3.24. The maximum absolute atomic E-state index is 10.4. The van der Waals surface area contributed by atoms with Gasteiger partial charge in [0.15, 0.2) is 5.76 Å². The molecule has 0 aliphatic rings. The Morgan fingerprint density at radius 3 is 2.48 bits per heavy atom. The average Bonchev–Trinajstić information content (AvgIpc) is 2.96. The zero-order valence-corrected chi connectivity index (χ0v) is 11.0. The van der Waals surface area contributed by atoms with Crippen LogP contribution in [0.2, 0.25) is 0 Å². The molecular weight excluding hydrogens is 284 g/mol. The second kappa shape index (κ2) is 6.27. The molecule has 0 unspecified atom stereocenters. The molecule has 0 radical (unpaired) electrons. The molecule has 110 valence electrons. The molecular formula is C10H10N6O5. The Kier molecular flexibility index (Phi) is 4.23. The quantitative estimate of drug-likeness (QED) is 0.466. The van der Waals surface area contributed by atoms with E-state index < -0.39 is 4.92 Å². The normalized spacial score (nSPS) is 10.6. The largest absolute Gasteiger partial charge is 0.467 e. The third-order valence-corrected chi connectivity index (χ3v) is 2.11. The molecule has 2 rings (SSSR count). The molecule has 0 saturated carbocycles. The molecule has 0 aliphatic heterocycles. The minimum atomic E-state index is -0.646. The molecule has 0 saturated heterocycles. The maximum atomic E-state index is 10.4. The number of hydrazone groups is 1. The van der Waals surface area contributed by atoms with Gasteiger partial charge in [0.05, 0.1) is 26.5 Å². The Morgan fingerprint density at radius 2 is 1.95 bits per heavy atom. The van der Waals surface area contributed by atoms with E-state index in [0.29, 0.717) is 0 Å². The van der Waals surface area contributed by atoms with Gasteiger partial charge < -0.3 is 13.9 Å². The number of hydrogen-bond donors (Lipinski definition) is 1. The van der Waals surface area contributed by atoms with Crippen LogP contribution in [0.1, 0.15) is 5.76 Å². The van der Waals surface area contributed by atoms with Crippen LogP contribution in [-0.2, 0) is 0 Å². The first-order valence-electron chi connectivity index (χ1n) is 5.49. The summed E-state index contributed by atoms with van der Waals surface area (Å²) in [5.41, 5.74) is 2.50. The van der Waals surface area contributed by atoms with Crippen molar-refractivity contribution in [2.24, 2.45) is 5.10 Å². The fraction of sp³-hybridized carbons (Fsp3) is 0.200. The number of aromatic nitrogens is 3. The number of nitro groups is 1. The number of ether oxygens (including phenoxy) is 2. The number of anilines is 1. The van der Waals surface area contributed by atoms with E-state index in [1.807, 2.05) is 0 Å². The van der Waals surface area contributed by atoms with Crippen molar-refractivity contribution in [3.8, 4) is 12.0 Å². The maximum Gasteiger partial charge on any atom is 0.433 e. The van der Waals surface area contributed by atoms with E-state index in [1.165, 1.54) is 32.6 Å². The predicted octanol–water partition coefficient (Wildman–Crippen LogP) is 0.836. The summed E-state index contributed by atoms with van der Waals surface area (Å²) in [6.45, 7) is 0. The zero-order valence-electron chi connectivity index (χ0n) is 11.0. The first-order valence-corrected chi connectivity index (χ1v) is 5.49. The van der Waals surface area contributed by atoms with Crippen LogP contribution in [0, 0.1) is 10.1 Å². The first-order chi connectivity index (χ1) is 10.1. The van der Waals surface area contributed by atoms with E-state index in [9.17, 15) is 10.1 Å². The van der Waals surface area contributed by atoms with E-state index in [2.05, 4.69) is 25.5 Å². The van der Waals surface area contributed by atoms with Crippen LogP contribution >= 0.6 is 0 Å².